The van der Waals surface area contributed by atoms with Crippen molar-refractivity contribution in [1.82, 2.24) is 0 Å². The number of rotatable bonds is 1. The molecule has 1 rings (SSSR count). The van der Waals surface area contributed by atoms with Gasteiger partial charge in [0.05, 0.1) is 0 Å². The largest absolute Gasteiger partial charge is 0.301 e. The Morgan fingerprint density at radius 1 is 1.22 bits per heavy atom. The molecule has 1 aromatic rings. The van der Waals surface area contributed by atoms with E-state index in [-0.39, 0.29) is 5.82 Å². The molecule has 0 heterocycles. The van der Waals surface area contributed by atoms with Gasteiger partial charge in [0.25, 0.3) is 0 Å². The Morgan fingerprint density at radius 3 is 2.22 bits per heavy atom. The molecule has 0 saturated heterocycles. The van der Waals surface area contributed by atoms with Gasteiger partial charge in [0.1, 0.15) is 5.82 Å². The van der Waals surface area contributed by atoms with Crippen molar-refractivity contribution in [3.05, 3.63) is 30.1 Å². The minimum atomic E-state index is -0.180. The maximum absolute atomic E-state index is 12.2. The first-order chi connectivity index (χ1) is 4.33. The van der Waals surface area contributed by atoms with Crippen LogP contribution in [0.4, 0.5) is 4.39 Å². The van der Waals surface area contributed by atoms with Crippen LogP contribution >= 0.6 is 0 Å². The molecule has 2 radical (unpaired) electrons. The molecule has 2 heteroatoms. The first-order valence-corrected chi connectivity index (χ1v) is 2.88. The first kappa shape index (κ1) is 6.34. The molecule has 0 atom stereocenters. The van der Waals surface area contributed by atoms with Crippen LogP contribution in [0.3, 0.4) is 0 Å². The lowest BCUT2D eigenvalue weighted by Gasteiger charge is -2.06. The van der Waals surface area contributed by atoms with Crippen molar-refractivity contribution in [2.75, 3.05) is 0 Å². The molecule has 0 N–H and O–H groups in total. The molecular formula is C7H7BF-. The van der Waals surface area contributed by atoms with E-state index in [2.05, 4.69) is 0 Å². The Hall–Kier alpha value is -0.785. The topological polar surface area (TPSA) is 0 Å². The molecule has 0 nitrogen and oxygen atoms in total. The highest BCUT2D eigenvalue weighted by Crippen LogP contribution is 1.90. The zero-order valence-corrected chi connectivity index (χ0v) is 5.26. The molecule has 9 heavy (non-hydrogen) atoms. The van der Waals surface area contributed by atoms with Gasteiger partial charge in [0.15, 0.2) is 0 Å². The predicted molar refractivity (Wildman–Crippen MR) is 37.7 cm³/mol. The van der Waals surface area contributed by atoms with Crippen molar-refractivity contribution in [2.24, 2.45) is 0 Å². The average Bonchev–Trinajstić information content (AvgIpc) is 1.90. The average molecular weight is 121 g/mol. The standard InChI is InChI=1S/C7H7BF/c1-8-6-2-4-7(9)5-3-6/h2-5H,1H3/q-1. The van der Waals surface area contributed by atoms with Crippen molar-refractivity contribution >= 4 is 12.7 Å². The predicted octanol–water partition coefficient (Wildman–Crippen LogP) is 1.20. The van der Waals surface area contributed by atoms with Gasteiger partial charge in [-0.1, -0.05) is 0 Å². The van der Waals surface area contributed by atoms with Crippen LogP contribution in [0, 0.1) is 5.82 Å². The van der Waals surface area contributed by atoms with Crippen molar-refractivity contribution in [3.8, 4) is 0 Å². The van der Waals surface area contributed by atoms with E-state index < -0.39 is 0 Å². The zero-order chi connectivity index (χ0) is 6.69. The monoisotopic (exact) mass is 121 g/mol. The quantitative estimate of drug-likeness (QED) is 0.489. The van der Waals surface area contributed by atoms with Crippen LogP contribution in [0.25, 0.3) is 0 Å². The fraction of sp³-hybridized carbons (Fsp3) is 0.143. The summed E-state index contributed by atoms with van der Waals surface area (Å²) in [6.45, 7) is 1.92. The van der Waals surface area contributed by atoms with E-state index in [0.29, 0.717) is 0 Å². The molecule has 0 aliphatic rings. The summed E-state index contributed by atoms with van der Waals surface area (Å²) in [5.74, 6) is -0.180. The summed E-state index contributed by atoms with van der Waals surface area (Å²) < 4.78 is 12.2. The van der Waals surface area contributed by atoms with E-state index in [1.807, 2.05) is 14.1 Å². The molecule has 0 unspecified atom stereocenters. The normalized spacial score (nSPS) is 9.56. The molecule has 0 saturated carbocycles. The molecule has 1 aromatic carbocycles. The van der Waals surface area contributed by atoms with Crippen molar-refractivity contribution in [2.45, 2.75) is 6.82 Å². The van der Waals surface area contributed by atoms with Crippen LogP contribution in [-0.4, -0.2) is 7.28 Å². The lowest BCUT2D eigenvalue weighted by atomic mass is 9.73. The second-order valence-electron chi connectivity index (χ2n) is 1.84. The number of hydrogen-bond acceptors (Lipinski definition) is 0. The van der Waals surface area contributed by atoms with Crippen molar-refractivity contribution in [1.29, 1.82) is 0 Å². The van der Waals surface area contributed by atoms with Crippen LogP contribution in [0.15, 0.2) is 24.3 Å². The molecular weight excluding hydrogens is 114 g/mol. The molecule has 46 valence electrons. The van der Waals surface area contributed by atoms with Gasteiger partial charge in [-0.15, -0.1) is 12.1 Å². The Kier molecular flexibility index (Phi) is 1.88. The third-order valence-electron chi connectivity index (χ3n) is 1.20. The maximum atomic E-state index is 12.2. The number of halogens is 1. The smallest absolute Gasteiger partial charge is 0.122 e. The first-order valence-electron chi connectivity index (χ1n) is 2.88. The second kappa shape index (κ2) is 2.67. The lowest BCUT2D eigenvalue weighted by molar-refractivity contribution is 0.628. The minimum absolute atomic E-state index is 0.180. The molecule has 0 aliphatic heterocycles. The Balaban J connectivity index is 2.88. The molecule has 0 aromatic heterocycles. The summed E-state index contributed by atoms with van der Waals surface area (Å²) in [6.07, 6.45) is 0. The molecule has 0 spiro atoms. The zero-order valence-electron chi connectivity index (χ0n) is 5.26. The summed E-state index contributed by atoms with van der Waals surface area (Å²) in [7, 11) is 1.93. The van der Waals surface area contributed by atoms with Gasteiger partial charge in [-0.2, -0.15) is 0 Å². The summed E-state index contributed by atoms with van der Waals surface area (Å²) >= 11 is 0. The van der Waals surface area contributed by atoms with E-state index in [9.17, 15) is 4.39 Å². The van der Waals surface area contributed by atoms with Gasteiger partial charge in [-0.25, -0.2) is 11.2 Å². The third-order valence-corrected chi connectivity index (χ3v) is 1.20. The summed E-state index contributed by atoms with van der Waals surface area (Å²) in [6, 6.07) is 6.40. The number of benzene rings is 1. The van der Waals surface area contributed by atoms with E-state index in [1.165, 1.54) is 12.1 Å². The van der Waals surface area contributed by atoms with E-state index in [1.54, 1.807) is 12.1 Å². The Morgan fingerprint density at radius 2 is 1.78 bits per heavy atom. The van der Waals surface area contributed by atoms with Crippen LogP contribution in [-0.2, 0) is 0 Å². The highest BCUT2D eigenvalue weighted by molar-refractivity contribution is 6.51. The van der Waals surface area contributed by atoms with Gasteiger partial charge in [-0.3, -0.25) is 5.46 Å². The lowest BCUT2D eigenvalue weighted by Crippen LogP contribution is -2.08. The van der Waals surface area contributed by atoms with Crippen molar-refractivity contribution < 1.29 is 4.39 Å². The Labute approximate surface area is 54.9 Å². The van der Waals surface area contributed by atoms with Crippen molar-refractivity contribution in [3.63, 3.8) is 0 Å². The maximum Gasteiger partial charge on any atom is 0.122 e. The molecule has 0 fully saturated rings. The highest BCUT2D eigenvalue weighted by Gasteiger charge is 1.80. The molecule has 0 bridgehead atoms. The summed E-state index contributed by atoms with van der Waals surface area (Å²) in [4.78, 5) is 0. The number of hydrogen-bond donors (Lipinski definition) is 0. The fourth-order valence-corrected chi connectivity index (χ4v) is 0.655. The van der Waals surface area contributed by atoms with Gasteiger partial charge >= 0.3 is 0 Å². The summed E-state index contributed by atoms with van der Waals surface area (Å²) in [5, 5.41) is 0. The molecule has 0 amide bonds. The molecule has 0 aliphatic carbocycles. The fourth-order valence-electron chi connectivity index (χ4n) is 0.655. The van der Waals surface area contributed by atoms with Crippen LogP contribution in [0.2, 0.25) is 6.82 Å². The highest BCUT2D eigenvalue weighted by atomic mass is 19.1. The van der Waals surface area contributed by atoms with Gasteiger partial charge in [0.2, 0.25) is 0 Å². The van der Waals surface area contributed by atoms with Crippen LogP contribution in [0.5, 0.6) is 0 Å². The minimum Gasteiger partial charge on any atom is -0.301 e. The van der Waals surface area contributed by atoms with Crippen LogP contribution in [0.1, 0.15) is 0 Å². The SMILES string of the molecule is C[B-]c1ccc(F)cc1. The third kappa shape index (κ3) is 1.56. The van der Waals surface area contributed by atoms with Gasteiger partial charge in [-0.05, 0) is 12.1 Å². The van der Waals surface area contributed by atoms with Crippen LogP contribution < -0.4 is 5.46 Å². The second-order valence-corrected chi connectivity index (χ2v) is 1.84. The summed E-state index contributed by atoms with van der Waals surface area (Å²) in [5.41, 5.74) is 1.05. The van der Waals surface area contributed by atoms with E-state index >= 15 is 0 Å². The van der Waals surface area contributed by atoms with E-state index in [4.69, 9.17) is 0 Å². The van der Waals surface area contributed by atoms with E-state index in [0.717, 1.165) is 5.46 Å². The Bertz CT molecular complexity index is 181. The van der Waals surface area contributed by atoms with Gasteiger partial charge in [0, 0.05) is 0 Å². The van der Waals surface area contributed by atoms with Gasteiger partial charge < -0.3 is 7.28 Å².